The molecule has 2 amide bonds. The van der Waals surface area contributed by atoms with E-state index in [4.69, 9.17) is 4.74 Å². The van der Waals surface area contributed by atoms with E-state index in [0.29, 0.717) is 19.7 Å². The van der Waals surface area contributed by atoms with Crippen molar-refractivity contribution in [2.24, 2.45) is 0 Å². The first-order chi connectivity index (χ1) is 9.63. The van der Waals surface area contributed by atoms with E-state index in [1.165, 1.54) is 5.56 Å². The molecule has 0 unspecified atom stereocenters. The van der Waals surface area contributed by atoms with Gasteiger partial charge in [0.25, 0.3) is 0 Å². The molecule has 5 nitrogen and oxygen atoms in total. The minimum atomic E-state index is -0.153. The van der Waals surface area contributed by atoms with Crippen LogP contribution in [0.1, 0.15) is 12.5 Å². The Kier molecular flexibility index (Phi) is 7.50. The van der Waals surface area contributed by atoms with E-state index in [2.05, 4.69) is 23.6 Å². The summed E-state index contributed by atoms with van der Waals surface area (Å²) >= 11 is 0. The minimum absolute atomic E-state index is 0.153. The van der Waals surface area contributed by atoms with Gasteiger partial charge in [-0.05, 0) is 32.1 Å². The standard InChI is InChI=1S/C15H25N3O2/c1-4-13-7-5-6-8-14(13)20-12-10-17-15(19)16-9-11-18(2)3/h5-8H,4,9-12H2,1-3H3,(H2,16,17,19). The lowest BCUT2D eigenvalue weighted by atomic mass is 10.1. The van der Waals surface area contributed by atoms with Gasteiger partial charge in [-0.15, -0.1) is 0 Å². The van der Waals surface area contributed by atoms with Crippen molar-refractivity contribution in [2.45, 2.75) is 13.3 Å². The smallest absolute Gasteiger partial charge is 0.314 e. The molecule has 2 N–H and O–H groups in total. The maximum Gasteiger partial charge on any atom is 0.314 e. The molecule has 0 saturated heterocycles. The summed E-state index contributed by atoms with van der Waals surface area (Å²) in [4.78, 5) is 13.5. The Bertz CT molecular complexity index is 408. The number of aryl methyl sites for hydroxylation is 1. The molecular formula is C15H25N3O2. The van der Waals surface area contributed by atoms with Crippen LogP contribution in [0, 0.1) is 0 Å². The lowest BCUT2D eigenvalue weighted by molar-refractivity contribution is 0.235. The predicted octanol–water partition coefficient (Wildman–Crippen LogP) is 1.49. The van der Waals surface area contributed by atoms with Gasteiger partial charge < -0.3 is 20.3 Å². The van der Waals surface area contributed by atoms with E-state index >= 15 is 0 Å². The van der Waals surface area contributed by atoms with Crippen molar-refractivity contribution < 1.29 is 9.53 Å². The van der Waals surface area contributed by atoms with Crippen molar-refractivity contribution in [3.05, 3.63) is 29.8 Å². The van der Waals surface area contributed by atoms with Gasteiger partial charge >= 0.3 is 6.03 Å². The predicted molar refractivity (Wildman–Crippen MR) is 81.3 cm³/mol. The third-order valence-electron chi connectivity index (χ3n) is 2.84. The summed E-state index contributed by atoms with van der Waals surface area (Å²) in [6, 6.07) is 7.81. The molecule has 0 spiro atoms. The zero-order valence-corrected chi connectivity index (χ0v) is 12.6. The average molecular weight is 279 g/mol. The van der Waals surface area contributed by atoms with Crippen LogP contribution in [-0.4, -0.2) is 51.3 Å². The lowest BCUT2D eigenvalue weighted by Crippen LogP contribution is -2.40. The lowest BCUT2D eigenvalue weighted by Gasteiger charge is -2.12. The topological polar surface area (TPSA) is 53.6 Å². The summed E-state index contributed by atoms with van der Waals surface area (Å²) in [7, 11) is 3.94. The number of benzene rings is 1. The summed E-state index contributed by atoms with van der Waals surface area (Å²) < 4.78 is 5.67. The second-order valence-electron chi connectivity index (χ2n) is 4.80. The number of rotatable bonds is 8. The second kappa shape index (κ2) is 9.20. The zero-order chi connectivity index (χ0) is 14.8. The van der Waals surface area contributed by atoms with Crippen molar-refractivity contribution in [3.8, 4) is 5.75 Å². The number of ether oxygens (including phenoxy) is 1. The highest BCUT2D eigenvalue weighted by atomic mass is 16.5. The molecule has 0 atom stereocenters. The molecule has 0 radical (unpaired) electrons. The Labute approximate surface area is 121 Å². The molecule has 0 aliphatic carbocycles. The fourth-order valence-corrected chi connectivity index (χ4v) is 1.72. The Morgan fingerprint density at radius 3 is 2.60 bits per heavy atom. The number of hydrogen-bond donors (Lipinski definition) is 2. The van der Waals surface area contributed by atoms with E-state index < -0.39 is 0 Å². The number of urea groups is 1. The first-order valence-electron chi connectivity index (χ1n) is 7.00. The number of hydrogen-bond acceptors (Lipinski definition) is 3. The average Bonchev–Trinajstić information content (AvgIpc) is 2.43. The molecule has 1 aromatic rings. The van der Waals surface area contributed by atoms with Gasteiger partial charge in [-0.3, -0.25) is 0 Å². The van der Waals surface area contributed by atoms with Crippen molar-refractivity contribution in [1.29, 1.82) is 0 Å². The number of para-hydroxylation sites is 1. The van der Waals surface area contributed by atoms with Gasteiger partial charge in [0.15, 0.2) is 0 Å². The summed E-state index contributed by atoms with van der Waals surface area (Å²) in [6.45, 7) is 4.52. The molecule has 1 rings (SSSR count). The van der Waals surface area contributed by atoms with Crippen LogP contribution in [0.2, 0.25) is 0 Å². The number of carbonyl (C=O) groups excluding carboxylic acids is 1. The molecule has 0 aromatic heterocycles. The number of nitrogens with zero attached hydrogens (tertiary/aromatic N) is 1. The summed E-state index contributed by atoms with van der Waals surface area (Å²) in [5.41, 5.74) is 1.18. The van der Waals surface area contributed by atoms with Crippen LogP contribution in [-0.2, 0) is 6.42 Å². The molecule has 5 heteroatoms. The highest BCUT2D eigenvalue weighted by Crippen LogP contribution is 2.17. The number of nitrogens with one attached hydrogen (secondary N) is 2. The second-order valence-corrected chi connectivity index (χ2v) is 4.80. The van der Waals surface area contributed by atoms with Crippen LogP contribution in [0.4, 0.5) is 4.79 Å². The van der Waals surface area contributed by atoms with Crippen LogP contribution in [0.25, 0.3) is 0 Å². The van der Waals surface area contributed by atoms with Crippen LogP contribution >= 0.6 is 0 Å². The number of likely N-dealkylation sites (N-methyl/N-ethyl adjacent to an activating group) is 1. The molecule has 0 heterocycles. The van der Waals surface area contributed by atoms with E-state index in [9.17, 15) is 4.79 Å². The Morgan fingerprint density at radius 2 is 1.90 bits per heavy atom. The first kappa shape index (κ1) is 16.3. The fraction of sp³-hybridized carbons (Fsp3) is 0.533. The van der Waals surface area contributed by atoms with Gasteiger partial charge in [-0.2, -0.15) is 0 Å². The van der Waals surface area contributed by atoms with Crippen molar-refractivity contribution in [1.82, 2.24) is 15.5 Å². The van der Waals surface area contributed by atoms with Crippen LogP contribution in [0.3, 0.4) is 0 Å². The van der Waals surface area contributed by atoms with E-state index in [-0.39, 0.29) is 6.03 Å². The minimum Gasteiger partial charge on any atom is -0.491 e. The normalized spacial score (nSPS) is 10.4. The van der Waals surface area contributed by atoms with Crippen molar-refractivity contribution >= 4 is 6.03 Å². The molecule has 20 heavy (non-hydrogen) atoms. The molecule has 0 saturated carbocycles. The molecular weight excluding hydrogens is 254 g/mol. The van der Waals surface area contributed by atoms with Crippen LogP contribution < -0.4 is 15.4 Å². The Hall–Kier alpha value is -1.75. The molecule has 0 fully saturated rings. The van der Waals surface area contributed by atoms with Gasteiger partial charge in [0.1, 0.15) is 12.4 Å². The van der Waals surface area contributed by atoms with Crippen LogP contribution in [0.5, 0.6) is 5.75 Å². The SMILES string of the molecule is CCc1ccccc1OCCNC(=O)NCCN(C)C. The maximum atomic E-state index is 11.5. The van der Waals surface area contributed by atoms with Gasteiger partial charge in [-0.1, -0.05) is 25.1 Å². The van der Waals surface area contributed by atoms with E-state index in [1.54, 1.807) is 0 Å². The van der Waals surface area contributed by atoms with E-state index in [0.717, 1.165) is 18.7 Å². The fourth-order valence-electron chi connectivity index (χ4n) is 1.72. The summed E-state index contributed by atoms with van der Waals surface area (Å²) in [6.07, 6.45) is 0.939. The summed E-state index contributed by atoms with van der Waals surface area (Å²) in [5, 5.41) is 5.56. The molecule has 1 aromatic carbocycles. The van der Waals surface area contributed by atoms with Crippen LogP contribution in [0.15, 0.2) is 24.3 Å². The largest absolute Gasteiger partial charge is 0.491 e. The zero-order valence-electron chi connectivity index (χ0n) is 12.6. The Morgan fingerprint density at radius 1 is 1.20 bits per heavy atom. The molecule has 0 aliphatic rings. The van der Waals surface area contributed by atoms with Gasteiger partial charge in [-0.25, -0.2) is 4.79 Å². The monoisotopic (exact) mass is 279 g/mol. The maximum absolute atomic E-state index is 11.5. The van der Waals surface area contributed by atoms with E-state index in [1.807, 2.05) is 37.2 Å². The van der Waals surface area contributed by atoms with Gasteiger partial charge in [0.05, 0.1) is 6.54 Å². The Balaban J connectivity index is 2.16. The highest BCUT2D eigenvalue weighted by molar-refractivity contribution is 5.73. The highest BCUT2D eigenvalue weighted by Gasteiger charge is 2.02. The number of amides is 2. The third-order valence-corrected chi connectivity index (χ3v) is 2.84. The summed E-state index contributed by atoms with van der Waals surface area (Å²) in [5.74, 6) is 0.893. The van der Waals surface area contributed by atoms with Crippen molar-refractivity contribution in [2.75, 3.05) is 40.3 Å². The van der Waals surface area contributed by atoms with Crippen molar-refractivity contribution in [3.63, 3.8) is 0 Å². The quantitative estimate of drug-likeness (QED) is 0.709. The molecule has 0 bridgehead atoms. The number of carbonyl (C=O) groups is 1. The molecule has 0 aliphatic heterocycles. The third kappa shape index (κ3) is 6.43. The van der Waals surface area contributed by atoms with Gasteiger partial charge in [0.2, 0.25) is 0 Å². The molecule has 112 valence electrons. The van der Waals surface area contributed by atoms with Gasteiger partial charge in [0, 0.05) is 13.1 Å². The first-order valence-corrected chi connectivity index (χ1v) is 7.00.